The van der Waals surface area contributed by atoms with E-state index in [2.05, 4.69) is 20.9 Å². The molecule has 0 aliphatic carbocycles. The van der Waals surface area contributed by atoms with Crippen molar-refractivity contribution in [3.63, 3.8) is 0 Å². The Morgan fingerprint density at radius 3 is 2.69 bits per heavy atom. The van der Waals surface area contributed by atoms with Crippen molar-refractivity contribution in [1.82, 2.24) is 4.98 Å². The number of hydrogen-bond donors (Lipinski definition) is 0. The number of aromatic nitrogens is 1. The quantitative estimate of drug-likeness (QED) is 0.601. The maximum absolute atomic E-state index is 13.5. The third-order valence-electron chi connectivity index (χ3n) is 2.19. The van der Waals surface area contributed by atoms with Crippen molar-refractivity contribution in [2.75, 3.05) is 0 Å². The number of halogens is 3. The summed E-state index contributed by atoms with van der Waals surface area (Å²) in [5.41, 5.74) is 1.66. The first-order chi connectivity index (χ1) is 7.70. The van der Waals surface area contributed by atoms with Crippen LogP contribution in [0.3, 0.4) is 0 Å². The molecule has 82 valence electrons. The molecule has 0 aliphatic heterocycles. The summed E-state index contributed by atoms with van der Waals surface area (Å²) in [6, 6.07) is 7.47. The molecule has 0 saturated heterocycles. The van der Waals surface area contributed by atoms with Crippen LogP contribution in [0, 0.1) is 11.8 Å². The van der Waals surface area contributed by atoms with E-state index >= 15 is 0 Å². The van der Waals surface area contributed by atoms with E-state index in [1.807, 2.05) is 0 Å². The van der Waals surface area contributed by atoms with Crippen molar-refractivity contribution < 1.29 is 8.78 Å². The van der Waals surface area contributed by atoms with Gasteiger partial charge in [-0.05, 0) is 29.3 Å². The molecule has 1 heterocycles. The second-order valence-electron chi connectivity index (χ2n) is 3.33. The standard InChI is InChI=1S/C12H8BrF2N/c13-6-8-4-11(12(15)16-7-8)9-2-1-3-10(14)5-9/h1-5,7H,6H2. The van der Waals surface area contributed by atoms with Gasteiger partial charge in [0.2, 0.25) is 5.95 Å². The van der Waals surface area contributed by atoms with E-state index in [0.29, 0.717) is 16.5 Å². The van der Waals surface area contributed by atoms with Gasteiger partial charge in [0.15, 0.2) is 0 Å². The van der Waals surface area contributed by atoms with Crippen molar-refractivity contribution in [3.8, 4) is 11.1 Å². The highest BCUT2D eigenvalue weighted by Gasteiger charge is 2.08. The summed E-state index contributed by atoms with van der Waals surface area (Å²) in [5.74, 6) is -0.976. The summed E-state index contributed by atoms with van der Waals surface area (Å²) in [7, 11) is 0. The monoisotopic (exact) mass is 283 g/mol. The van der Waals surface area contributed by atoms with E-state index in [4.69, 9.17) is 0 Å². The fourth-order valence-corrected chi connectivity index (χ4v) is 1.73. The smallest absolute Gasteiger partial charge is 0.220 e. The zero-order valence-corrected chi connectivity index (χ0v) is 9.84. The number of rotatable bonds is 2. The van der Waals surface area contributed by atoms with Gasteiger partial charge in [-0.3, -0.25) is 0 Å². The second-order valence-corrected chi connectivity index (χ2v) is 3.89. The Kier molecular flexibility index (Phi) is 3.29. The second kappa shape index (κ2) is 4.70. The molecular weight excluding hydrogens is 276 g/mol. The maximum atomic E-state index is 13.5. The van der Waals surface area contributed by atoms with E-state index in [9.17, 15) is 8.78 Å². The van der Waals surface area contributed by atoms with E-state index < -0.39 is 5.95 Å². The van der Waals surface area contributed by atoms with Crippen LogP contribution in [-0.2, 0) is 5.33 Å². The van der Waals surface area contributed by atoms with Gasteiger partial charge in [-0.15, -0.1) is 0 Å². The lowest BCUT2D eigenvalue weighted by Gasteiger charge is -2.04. The summed E-state index contributed by atoms with van der Waals surface area (Å²) in [5, 5.41) is 0.586. The SMILES string of the molecule is Fc1cccc(-c2cc(CBr)cnc2F)c1. The van der Waals surface area contributed by atoms with Crippen LogP contribution in [0.25, 0.3) is 11.1 Å². The molecule has 0 saturated carbocycles. The number of pyridine rings is 1. The molecule has 2 aromatic rings. The highest BCUT2D eigenvalue weighted by atomic mass is 79.9. The molecule has 0 bridgehead atoms. The number of benzene rings is 1. The molecule has 0 unspecified atom stereocenters. The minimum absolute atomic E-state index is 0.316. The van der Waals surface area contributed by atoms with Crippen LogP contribution in [0.5, 0.6) is 0 Å². The van der Waals surface area contributed by atoms with Crippen LogP contribution in [0.4, 0.5) is 8.78 Å². The predicted octanol–water partition coefficient (Wildman–Crippen LogP) is 3.92. The Balaban J connectivity index is 2.54. The van der Waals surface area contributed by atoms with Gasteiger partial charge in [-0.25, -0.2) is 9.37 Å². The summed E-state index contributed by atoms with van der Waals surface area (Å²) in [4.78, 5) is 3.64. The number of nitrogens with zero attached hydrogens (tertiary/aromatic N) is 1. The average Bonchev–Trinajstić information content (AvgIpc) is 2.30. The zero-order valence-electron chi connectivity index (χ0n) is 8.25. The number of alkyl halides is 1. The summed E-state index contributed by atoms with van der Waals surface area (Å²) in [6.07, 6.45) is 1.45. The van der Waals surface area contributed by atoms with Crippen LogP contribution in [0.2, 0.25) is 0 Å². The van der Waals surface area contributed by atoms with Gasteiger partial charge in [0.1, 0.15) is 5.82 Å². The third-order valence-corrected chi connectivity index (χ3v) is 2.83. The summed E-state index contributed by atoms with van der Waals surface area (Å²) >= 11 is 3.27. The van der Waals surface area contributed by atoms with Gasteiger partial charge in [-0.2, -0.15) is 4.39 Å². The Bertz CT molecular complexity index is 514. The van der Waals surface area contributed by atoms with Crippen molar-refractivity contribution in [3.05, 3.63) is 53.9 Å². The summed E-state index contributed by atoms with van der Waals surface area (Å²) in [6.45, 7) is 0. The Morgan fingerprint density at radius 2 is 2.00 bits per heavy atom. The molecule has 4 heteroatoms. The molecule has 0 fully saturated rings. The molecule has 0 aliphatic rings. The van der Waals surface area contributed by atoms with Gasteiger partial charge < -0.3 is 0 Å². The van der Waals surface area contributed by atoms with Gasteiger partial charge in [0, 0.05) is 17.1 Å². The largest absolute Gasteiger partial charge is 0.227 e. The number of hydrogen-bond acceptors (Lipinski definition) is 1. The summed E-state index contributed by atoms with van der Waals surface area (Å²) < 4.78 is 26.5. The fourth-order valence-electron chi connectivity index (χ4n) is 1.42. The van der Waals surface area contributed by atoms with Gasteiger partial charge >= 0.3 is 0 Å². The minimum atomic E-state index is -0.588. The topological polar surface area (TPSA) is 12.9 Å². The van der Waals surface area contributed by atoms with E-state index in [0.717, 1.165) is 5.56 Å². The van der Waals surface area contributed by atoms with Crippen molar-refractivity contribution >= 4 is 15.9 Å². The predicted molar refractivity (Wildman–Crippen MR) is 62.2 cm³/mol. The molecule has 0 amide bonds. The lowest BCUT2D eigenvalue weighted by atomic mass is 10.1. The first kappa shape index (κ1) is 11.2. The first-order valence-corrected chi connectivity index (χ1v) is 5.79. The zero-order chi connectivity index (χ0) is 11.5. The van der Waals surface area contributed by atoms with Crippen LogP contribution < -0.4 is 0 Å². The molecule has 1 aromatic heterocycles. The highest BCUT2D eigenvalue weighted by molar-refractivity contribution is 9.08. The van der Waals surface area contributed by atoms with Crippen molar-refractivity contribution in [1.29, 1.82) is 0 Å². The fraction of sp³-hybridized carbons (Fsp3) is 0.0833. The molecule has 16 heavy (non-hydrogen) atoms. The first-order valence-electron chi connectivity index (χ1n) is 4.67. The van der Waals surface area contributed by atoms with Crippen LogP contribution in [-0.4, -0.2) is 4.98 Å². The highest BCUT2D eigenvalue weighted by Crippen LogP contribution is 2.23. The molecule has 0 spiro atoms. The minimum Gasteiger partial charge on any atom is -0.227 e. The van der Waals surface area contributed by atoms with E-state index in [-0.39, 0.29) is 5.82 Å². The lowest BCUT2D eigenvalue weighted by molar-refractivity contribution is 0.586. The average molecular weight is 284 g/mol. The molecule has 1 aromatic carbocycles. The maximum Gasteiger partial charge on any atom is 0.220 e. The van der Waals surface area contributed by atoms with Crippen molar-refractivity contribution in [2.45, 2.75) is 5.33 Å². The molecule has 0 radical (unpaired) electrons. The molecule has 2 rings (SSSR count). The lowest BCUT2D eigenvalue weighted by Crippen LogP contribution is -1.92. The van der Waals surface area contributed by atoms with Crippen LogP contribution >= 0.6 is 15.9 Å². The van der Waals surface area contributed by atoms with Gasteiger partial charge in [0.25, 0.3) is 0 Å². The normalized spacial score (nSPS) is 10.4. The van der Waals surface area contributed by atoms with Crippen molar-refractivity contribution in [2.24, 2.45) is 0 Å². The Labute approximate surface area is 100 Å². The molecule has 1 nitrogen and oxygen atoms in total. The van der Waals surface area contributed by atoms with Gasteiger partial charge in [0.05, 0.1) is 0 Å². The third kappa shape index (κ3) is 2.27. The van der Waals surface area contributed by atoms with E-state index in [1.165, 1.54) is 18.3 Å². The molecule has 0 N–H and O–H groups in total. The molecule has 0 atom stereocenters. The Morgan fingerprint density at radius 1 is 1.19 bits per heavy atom. The molecular formula is C12H8BrF2N. The van der Waals surface area contributed by atoms with Crippen LogP contribution in [0.15, 0.2) is 36.5 Å². The van der Waals surface area contributed by atoms with Gasteiger partial charge in [-0.1, -0.05) is 28.1 Å². The van der Waals surface area contributed by atoms with Crippen LogP contribution in [0.1, 0.15) is 5.56 Å². The van der Waals surface area contributed by atoms with E-state index in [1.54, 1.807) is 18.2 Å². The Hall–Kier alpha value is -1.29.